The number of fused-ring (bicyclic) bond motifs is 1. The van der Waals surface area contributed by atoms with Gasteiger partial charge in [-0.15, -0.1) is 0 Å². The fourth-order valence-corrected chi connectivity index (χ4v) is 4.04. The molecule has 0 unspecified atom stereocenters. The van der Waals surface area contributed by atoms with Gasteiger partial charge in [0.1, 0.15) is 5.69 Å². The first kappa shape index (κ1) is 13.5. The van der Waals surface area contributed by atoms with Crippen LogP contribution in [-0.2, 0) is 12.3 Å². The lowest BCUT2D eigenvalue weighted by Crippen LogP contribution is -2.34. The van der Waals surface area contributed by atoms with Gasteiger partial charge >= 0.3 is 5.97 Å². The molecule has 0 bridgehead atoms. The van der Waals surface area contributed by atoms with Crippen LogP contribution in [0.3, 0.4) is 0 Å². The van der Waals surface area contributed by atoms with Gasteiger partial charge in [-0.3, -0.25) is 4.79 Å². The molecule has 20 heavy (non-hydrogen) atoms. The first-order valence-corrected chi connectivity index (χ1v) is 8.09. The van der Waals surface area contributed by atoms with Gasteiger partial charge in [-0.05, 0) is 25.8 Å². The number of amides is 1. The van der Waals surface area contributed by atoms with E-state index in [1.165, 1.54) is 0 Å². The normalized spacial score (nSPS) is 21.9. The van der Waals surface area contributed by atoms with Crippen LogP contribution in [0.25, 0.3) is 0 Å². The molecule has 108 valence electrons. The topological polar surface area (TPSA) is 62.5 Å². The standard InChI is InChI=1S/C14H18N2O3S/c1-9-3-2-4-15(9)13(17)10-7-11(14(18)19)16-5-6-20-8-12(10)16/h7,9H,2-6,8H2,1H3,(H,18,19)/t9-/m0/s1. The Morgan fingerprint density at radius 2 is 2.20 bits per heavy atom. The molecule has 1 saturated heterocycles. The number of carboxylic acids is 1. The third kappa shape index (κ3) is 2.12. The Hall–Kier alpha value is -1.43. The van der Waals surface area contributed by atoms with Gasteiger partial charge in [-0.25, -0.2) is 4.79 Å². The smallest absolute Gasteiger partial charge is 0.352 e. The number of hydrogen-bond donors (Lipinski definition) is 1. The maximum absolute atomic E-state index is 12.7. The van der Waals surface area contributed by atoms with Crippen LogP contribution in [0.5, 0.6) is 0 Å². The van der Waals surface area contributed by atoms with E-state index in [-0.39, 0.29) is 17.6 Å². The van der Waals surface area contributed by atoms with Crippen LogP contribution < -0.4 is 0 Å². The van der Waals surface area contributed by atoms with Crippen molar-refractivity contribution in [3.05, 3.63) is 23.0 Å². The molecule has 1 aromatic heterocycles. The summed E-state index contributed by atoms with van der Waals surface area (Å²) >= 11 is 1.75. The lowest BCUT2D eigenvalue weighted by Gasteiger charge is -2.23. The summed E-state index contributed by atoms with van der Waals surface area (Å²) in [4.78, 5) is 25.9. The highest BCUT2D eigenvalue weighted by Crippen LogP contribution is 2.29. The molecule has 6 heteroatoms. The zero-order chi connectivity index (χ0) is 14.3. The largest absolute Gasteiger partial charge is 0.477 e. The van der Waals surface area contributed by atoms with Gasteiger partial charge in [0.2, 0.25) is 0 Å². The molecule has 2 aliphatic rings. The molecule has 1 N–H and O–H groups in total. The maximum Gasteiger partial charge on any atom is 0.352 e. The van der Waals surface area contributed by atoms with Crippen LogP contribution in [0.2, 0.25) is 0 Å². The number of rotatable bonds is 2. The number of aromatic carboxylic acids is 1. The highest BCUT2D eigenvalue weighted by Gasteiger charge is 2.31. The van der Waals surface area contributed by atoms with E-state index in [0.717, 1.165) is 36.6 Å². The van der Waals surface area contributed by atoms with Crippen molar-refractivity contribution >= 4 is 23.6 Å². The Balaban J connectivity index is 2.01. The minimum absolute atomic E-state index is 0.00579. The average molecular weight is 294 g/mol. The number of likely N-dealkylation sites (tertiary alicyclic amines) is 1. The minimum Gasteiger partial charge on any atom is -0.477 e. The zero-order valence-electron chi connectivity index (χ0n) is 11.5. The highest BCUT2D eigenvalue weighted by molar-refractivity contribution is 7.98. The van der Waals surface area contributed by atoms with Crippen molar-refractivity contribution in [2.45, 2.75) is 38.1 Å². The number of hydrogen-bond acceptors (Lipinski definition) is 3. The number of carbonyl (C=O) groups is 2. The van der Waals surface area contributed by atoms with E-state index in [2.05, 4.69) is 6.92 Å². The lowest BCUT2D eigenvalue weighted by atomic mass is 10.2. The van der Waals surface area contributed by atoms with Crippen LogP contribution in [0, 0.1) is 0 Å². The molecule has 1 aromatic rings. The molecule has 0 saturated carbocycles. The summed E-state index contributed by atoms with van der Waals surface area (Å²) in [5.74, 6) is 0.659. The van der Waals surface area contributed by atoms with Gasteiger partial charge in [0, 0.05) is 36.3 Å². The van der Waals surface area contributed by atoms with Gasteiger partial charge in [-0.1, -0.05) is 0 Å². The summed E-state index contributed by atoms with van der Waals surface area (Å²) in [6.07, 6.45) is 2.06. The SMILES string of the molecule is C[C@H]1CCCN1C(=O)c1cc(C(=O)O)n2c1CSCC2. The lowest BCUT2D eigenvalue weighted by molar-refractivity contribution is 0.0684. The first-order valence-electron chi connectivity index (χ1n) is 6.94. The van der Waals surface area contributed by atoms with Crippen LogP contribution in [0.1, 0.15) is 46.3 Å². The molecule has 3 heterocycles. The highest BCUT2D eigenvalue weighted by atomic mass is 32.2. The summed E-state index contributed by atoms with van der Waals surface area (Å²) in [5, 5.41) is 9.30. The molecular weight excluding hydrogens is 276 g/mol. The maximum atomic E-state index is 12.7. The van der Waals surface area contributed by atoms with Crippen molar-refractivity contribution in [3.63, 3.8) is 0 Å². The van der Waals surface area contributed by atoms with Crippen molar-refractivity contribution in [1.29, 1.82) is 0 Å². The molecule has 0 aromatic carbocycles. The van der Waals surface area contributed by atoms with E-state index in [9.17, 15) is 14.7 Å². The van der Waals surface area contributed by atoms with E-state index in [1.54, 1.807) is 22.4 Å². The number of carbonyl (C=O) groups excluding carboxylic acids is 1. The number of nitrogens with zero attached hydrogens (tertiary/aromatic N) is 2. The second kappa shape index (κ2) is 5.16. The molecule has 1 atom stereocenters. The van der Waals surface area contributed by atoms with Crippen LogP contribution in [0.4, 0.5) is 0 Å². The van der Waals surface area contributed by atoms with Gasteiger partial charge in [0.25, 0.3) is 5.91 Å². The van der Waals surface area contributed by atoms with Crippen molar-refractivity contribution in [2.24, 2.45) is 0 Å². The third-order valence-corrected chi connectivity index (χ3v) is 5.12. The van der Waals surface area contributed by atoms with E-state index in [0.29, 0.717) is 12.1 Å². The first-order chi connectivity index (χ1) is 9.59. The Bertz CT molecular complexity index is 567. The van der Waals surface area contributed by atoms with E-state index >= 15 is 0 Å². The number of aromatic nitrogens is 1. The molecule has 1 fully saturated rings. The van der Waals surface area contributed by atoms with Crippen molar-refractivity contribution in [2.75, 3.05) is 12.3 Å². The van der Waals surface area contributed by atoms with Gasteiger partial charge in [0.05, 0.1) is 5.56 Å². The Kier molecular flexibility index (Phi) is 3.50. The Morgan fingerprint density at radius 1 is 1.40 bits per heavy atom. The molecule has 0 spiro atoms. The second-order valence-electron chi connectivity index (χ2n) is 5.39. The zero-order valence-corrected chi connectivity index (χ0v) is 12.3. The van der Waals surface area contributed by atoms with Crippen molar-refractivity contribution in [1.82, 2.24) is 9.47 Å². The van der Waals surface area contributed by atoms with E-state index in [4.69, 9.17) is 0 Å². The minimum atomic E-state index is -0.952. The fourth-order valence-electron chi connectivity index (χ4n) is 3.08. The molecule has 3 rings (SSSR count). The van der Waals surface area contributed by atoms with Crippen LogP contribution in [0.15, 0.2) is 6.07 Å². The Morgan fingerprint density at radius 3 is 2.85 bits per heavy atom. The van der Waals surface area contributed by atoms with Gasteiger partial charge < -0.3 is 14.6 Å². The molecule has 5 nitrogen and oxygen atoms in total. The van der Waals surface area contributed by atoms with Gasteiger partial charge in [-0.2, -0.15) is 11.8 Å². The number of carboxylic acid groups (broad SMARTS) is 1. The van der Waals surface area contributed by atoms with Crippen molar-refractivity contribution in [3.8, 4) is 0 Å². The molecule has 1 amide bonds. The van der Waals surface area contributed by atoms with E-state index < -0.39 is 5.97 Å². The predicted molar refractivity (Wildman–Crippen MR) is 77.3 cm³/mol. The molecule has 2 aliphatic heterocycles. The molecular formula is C14H18N2O3S. The Labute approximate surface area is 121 Å². The monoisotopic (exact) mass is 294 g/mol. The summed E-state index contributed by atoms with van der Waals surface area (Å²) in [6, 6.07) is 1.82. The predicted octanol–water partition coefficient (Wildman–Crippen LogP) is 2.06. The summed E-state index contributed by atoms with van der Waals surface area (Å²) in [5.41, 5.74) is 1.71. The fraction of sp³-hybridized carbons (Fsp3) is 0.571. The quantitative estimate of drug-likeness (QED) is 0.907. The third-order valence-electron chi connectivity index (χ3n) is 4.17. The van der Waals surface area contributed by atoms with Crippen LogP contribution in [-0.4, -0.2) is 44.8 Å². The number of thioether (sulfide) groups is 1. The van der Waals surface area contributed by atoms with Crippen LogP contribution >= 0.6 is 11.8 Å². The second-order valence-corrected chi connectivity index (χ2v) is 6.49. The van der Waals surface area contributed by atoms with Crippen molar-refractivity contribution < 1.29 is 14.7 Å². The van der Waals surface area contributed by atoms with E-state index in [1.807, 2.05) is 4.90 Å². The summed E-state index contributed by atoms with van der Waals surface area (Å²) < 4.78 is 1.80. The van der Waals surface area contributed by atoms with Gasteiger partial charge in [0.15, 0.2) is 0 Å². The molecule has 0 aliphatic carbocycles. The molecule has 0 radical (unpaired) electrons. The summed E-state index contributed by atoms with van der Waals surface area (Å²) in [6.45, 7) is 3.50. The average Bonchev–Trinajstić information content (AvgIpc) is 3.01. The summed E-state index contributed by atoms with van der Waals surface area (Å²) in [7, 11) is 0.